The van der Waals surface area contributed by atoms with Gasteiger partial charge in [0.05, 0.1) is 37.0 Å². The lowest BCUT2D eigenvalue weighted by Gasteiger charge is -2.18. The third kappa shape index (κ3) is 12.0. The van der Waals surface area contributed by atoms with Gasteiger partial charge in [0.15, 0.2) is 18.2 Å². The third-order valence-corrected chi connectivity index (χ3v) is 8.62. The summed E-state index contributed by atoms with van der Waals surface area (Å²) in [7, 11) is 3.28. The molecule has 1 atom stereocenters. The fourth-order valence-electron chi connectivity index (χ4n) is 4.67. The summed E-state index contributed by atoms with van der Waals surface area (Å²) in [6, 6.07) is 17.4. The molecule has 282 valence electrons. The van der Waals surface area contributed by atoms with Crippen LogP contribution in [0.15, 0.2) is 78.2 Å². The molecular weight excluding hydrogens is 712 g/mol. The fraction of sp³-hybridized carbons (Fsp3) is 0.343. The van der Waals surface area contributed by atoms with E-state index in [1.54, 1.807) is 32.2 Å². The highest BCUT2D eigenvalue weighted by Gasteiger charge is 2.40. The van der Waals surface area contributed by atoms with Crippen molar-refractivity contribution in [2.45, 2.75) is 25.5 Å². The minimum Gasteiger partial charge on any atom is -0.569 e. The first kappa shape index (κ1) is 39.7. The van der Waals surface area contributed by atoms with Gasteiger partial charge in [0.2, 0.25) is 11.2 Å². The molecule has 4 rings (SSSR count). The molecule has 1 aromatic heterocycles. The van der Waals surface area contributed by atoms with Gasteiger partial charge in [-0.1, -0.05) is 36.0 Å². The molecule has 1 aliphatic rings. The number of carbonyl (C=O) groups excluding carboxylic acids is 4. The molecule has 2 heterocycles. The van der Waals surface area contributed by atoms with Crippen molar-refractivity contribution in [3.63, 3.8) is 0 Å². The number of pyridine rings is 1. The van der Waals surface area contributed by atoms with Crippen LogP contribution < -0.4 is 19.1 Å². The van der Waals surface area contributed by atoms with Crippen LogP contribution in [0.3, 0.4) is 0 Å². The van der Waals surface area contributed by atoms with Gasteiger partial charge in [-0.3, -0.25) is 9.59 Å². The molecule has 0 N–H and O–H groups in total. The number of methoxy groups -OCH3 is 1. The number of hydrazine groups is 1. The van der Waals surface area contributed by atoms with Crippen LogP contribution in [-0.2, 0) is 30.3 Å². The zero-order valence-corrected chi connectivity index (χ0v) is 30.4. The molecule has 0 spiro atoms. The van der Waals surface area contributed by atoms with E-state index in [4.69, 9.17) is 28.5 Å². The van der Waals surface area contributed by atoms with Crippen LogP contribution in [0.25, 0.3) is 6.08 Å². The first-order valence-electron chi connectivity index (χ1n) is 16.4. The highest BCUT2D eigenvalue weighted by Crippen LogP contribution is 2.31. The number of carbonyl (C=O) groups is 4. The number of thioether (sulfide) groups is 1. The number of nitrogens with zero attached hydrogens (tertiary/aromatic N) is 6. The Morgan fingerprint density at radius 3 is 2.53 bits per heavy atom. The summed E-state index contributed by atoms with van der Waals surface area (Å²) in [4.78, 5) is 62.2. The molecule has 0 aliphatic carbocycles. The lowest BCUT2D eigenvalue weighted by Crippen LogP contribution is -2.35. The number of likely N-dealkylation sites (N-methyl/N-ethyl adjacent to an activating group) is 1. The Hall–Kier alpha value is -6.04. The van der Waals surface area contributed by atoms with Gasteiger partial charge in [0, 0.05) is 19.3 Å². The Morgan fingerprint density at radius 2 is 1.83 bits per heavy atom. The van der Waals surface area contributed by atoms with Crippen LogP contribution in [0, 0.1) is 5.21 Å². The van der Waals surface area contributed by atoms with Crippen LogP contribution in [0.4, 0.5) is 15.4 Å². The highest BCUT2D eigenvalue weighted by atomic mass is 32.2. The van der Waals surface area contributed by atoms with Crippen molar-refractivity contribution in [3.8, 4) is 17.2 Å². The molecular formula is C35H40N6O11S. The summed E-state index contributed by atoms with van der Waals surface area (Å²) in [6.45, 7) is 4.26. The van der Waals surface area contributed by atoms with E-state index < -0.39 is 42.0 Å². The van der Waals surface area contributed by atoms with E-state index in [1.165, 1.54) is 36.4 Å². The number of imide groups is 1. The van der Waals surface area contributed by atoms with Gasteiger partial charge in [-0.15, -0.1) is 5.01 Å². The number of rotatable bonds is 19. The molecule has 1 aliphatic heterocycles. The minimum atomic E-state index is -1.17. The maximum absolute atomic E-state index is 13.0. The Bertz CT molecular complexity index is 1760. The van der Waals surface area contributed by atoms with E-state index in [9.17, 15) is 24.4 Å². The molecule has 2 amide bonds. The molecule has 2 aromatic carbocycles. The van der Waals surface area contributed by atoms with Gasteiger partial charge in [-0.05, 0) is 73.9 Å². The molecule has 1 fully saturated rings. The third-order valence-electron chi connectivity index (χ3n) is 7.54. The Balaban J connectivity index is 1.20. The second-order valence-electron chi connectivity index (χ2n) is 11.0. The van der Waals surface area contributed by atoms with E-state index in [-0.39, 0.29) is 22.9 Å². The molecule has 0 radical (unpaired) electrons. The number of benzene rings is 2. The number of hydrogen-bond donors (Lipinski definition) is 0. The lowest BCUT2D eigenvalue weighted by molar-refractivity contribution is -0.710. The van der Waals surface area contributed by atoms with Crippen molar-refractivity contribution in [1.82, 2.24) is 14.9 Å². The van der Waals surface area contributed by atoms with Crippen molar-refractivity contribution >= 4 is 46.9 Å². The van der Waals surface area contributed by atoms with Crippen LogP contribution >= 0.6 is 11.8 Å². The summed E-state index contributed by atoms with van der Waals surface area (Å²) in [6.07, 6.45) is 3.36. The maximum Gasteiger partial charge on any atom is 0.515 e. The summed E-state index contributed by atoms with van der Waals surface area (Å²) in [5.74, 6) is 0.365. The first-order chi connectivity index (χ1) is 25.6. The fourth-order valence-corrected chi connectivity index (χ4v) is 5.69. The Kier molecular flexibility index (Phi) is 15.1. The molecule has 0 bridgehead atoms. The van der Waals surface area contributed by atoms with E-state index >= 15 is 0 Å². The predicted molar refractivity (Wildman–Crippen MR) is 192 cm³/mol. The molecule has 53 heavy (non-hydrogen) atoms. The molecule has 0 saturated carbocycles. The molecule has 1 unspecified atom stereocenters. The van der Waals surface area contributed by atoms with Crippen LogP contribution in [-0.4, -0.2) is 102 Å². The van der Waals surface area contributed by atoms with E-state index in [0.717, 1.165) is 34.1 Å². The number of anilines is 1. The molecule has 17 nitrogen and oxygen atoms in total. The highest BCUT2D eigenvalue weighted by molar-refractivity contribution is 8.15. The van der Waals surface area contributed by atoms with Crippen LogP contribution in [0.1, 0.15) is 25.0 Å². The number of esters is 1. The number of aromatic nitrogens is 1. The minimum absolute atomic E-state index is 0.0124. The zero-order chi connectivity index (χ0) is 38.2. The monoisotopic (exact) mass is 752 g/mol. The summed E-state index contributed by atoms with van der Waals surface area (Å²) >= 11 is 0.850. The predicted octanol–water partition coefficient (Wildman–Crippen LogP) is 5.05. The summed E-state index contributed by atoms with van der Waals surface area (Å²) < 4.78 is 26.3. The molecule has 3 aromatic rings. The van der Waals surface area contributed by atoms with Crippen molar-refractivity contribution in [3.05, 3.63) is 89.3 Å². The SMILES string of the molecule is CCN(CC)/[N+]([O-])=N/OCOC(=O)/C=C/c1ccc(OC(=O)OCN2C(=O)SC(Cc3ccc(OCCN(C)c4ccccn4)cc3)C2=O)c(OC)c1. The van der Waals surface area contributed by atoms with Crippen molar-refractivity contribution in [2.24, 2.45) is 5.28 Å². The average molecular weight is 753 g/mol. The second kappa shape index (κ2) is 20.1. The van der Waals surface area contributed by atoms with Crippen LogP contribution in [0.2, 0.25) is 0 Å². The quantitative estimate of drug-likeness (QED) is 0.0231. The lowest BCUT2D eigenvalue weighted by atomic mass is 10.1. The van der Waals surface area contributed by atoms with Crippen molar-refractivity contribution in [1.29, 1.82) is 0 Å². The maximum atomic E-state index is 13.0. The number of ether oxygens (including phenoxy) is 5. The largest absolute Gasteiger partial charge is 0.569 e. The summed E-state index contributed by atoms with van der Waals surface area (Å²) in [5, 5.41) is 15.1. The molecule has 18 heteroatoms. The van der Waals surface area contributed by atoms with Gasteiger partial charge < -0.3 is 38.6 Å². The van der Waals surface area contributed by atoms with Gasteiger partial charge in [0.1, 0.15) is 18.2 Å². The van der Waals surface area contributed by atoms with Crippen molar-refractivity contribution < 1.29 is 52.7 Å². The van der Waals surface area contributed by atoms with Crippen LogP contribution in [0.5, 0.6) is 17.2 Å². The van der Waals surface area contributed by atoms with Crippen molar-refractivity contribution in [2.75, 3.05) is 58.8 Å². The zero-order valence-electron chi connectivity index (χ0n) is 29.6. The van der Waals surface area contributed by atoms with Gasteiger partial charge in [-0.25, -0.2) is 19.5 Å². The molecule has 1 saturated heterocycles. The Morgan fingerprint density at radius 1 is 1.06 bits per heavy atom. The second-order valence-corrected chi connectivity index (χ2v) is 12.2. The van der Waals surface area contributed by atoms with E-state index in [2.05, 4.69) is 10.3 Å². The Labute approximate surface area is 310 Å². The van der Waals surface area contributed by atoms with Gasteiger partial charge in [-0.2, -0.15) is 0 Å². The average Bonchev–Trinajstić information content (AvgIpc) is 3.43. The van der Waals surface area contributed by atoms with E-state index in [1.807, 2.05) is 42.3 Å². The topological polar surface area (TPSA) is 185 Å². The number of hydrogen-bond acceptors (Lipinski definition) is 15. The van der Waals surface area contributed by atoms with E-state index in [0.29, 0.717) is 37.6 Å². The first-order valence-corrected chi connectivity index (χ1v) is 17.3. The standard InChI is InChI=1S/C35H40N6O11S/c1-5-39(6-2)41(46)37-51-24-50-32(42)17-13-25-12-16-28(29(21-25)47-4)52-35(45)49-23-40-33(43)30(53-34(40)44)22-26-10-14-27(15-11-26)48-20-19-38(3)31-9-7-8-18-36-31/h7-18,21,30H,5-6,19-20,22-24H2,1-4H3/b17-13+,41-37-. The normalized spacial score (nSPS) is 14.2. The van der Waals surface area contributed by atoms with Gasteiger partial charge in [0.25, 0.3) is 12.0 Å². The summed E-state index contributed by atoms with van der Waals surface area (Å²) in [5.41, 5.74) is 1.31. The smallest absolute Gasteiger partial charge is 0.515 e. The number of amides is 2. The van der Waals surface area contributed by atoms with Gasteiger partial charge >= 0.3 is 12.1 Å².